The number of aryl methyl sites for hydroxylation is 1. The largest absolute Gasteiger partial charge is 0.490 e. The summed E-state index contributed by atoms with van der Waals surface area (Å²) in [7, 11) is -2.01. The summed E-state index contributed by atoms with van der Waals surface area (Å²) in [6.45, 7) is 8.47. The van der Waals surface area contributed by atoms with Gasteiger partial charge < -0.3 is 28.7 Å². The first-order valence-electron chi connectivity index (χ1n) is 15.5. The van der Waals surface area contributed by atoms with Crippen LogP contribution in [-0.4, -0.2) is 49.9 Å². The Hall–Kier alpha value is -1.24. The van der Waals surface area contributed by atoms with Gasteiger partial charge in [-0.2, -0.15) is 0 Å². The predicted molar refractivity (Wildman–Crippen MR) is 160 cm³/mol. The molecule has 0 amide bonds. The monoisotopic (exact) mass is 570 g/mol. The highest BCUT2D eigenvalue weighted by Crippen LogP contribution is 2.33. The minimum Gasteiger partial charge on any atom is -0.490 e. The number of nitrogens with two attached hydrogens (primary N) is 1. The Morgan fingerprint density at radius 1 is 0.821 bits per heavy atom. The molecule has 226 valence electrons. The van der Waals surface area contributed by atoms with Crippen LogP contribution < -0.4 is 10.1 Å². The van der Waals surface area contributed by atoms with E-state index in [0.29, 0.717) is 6.61 Å². The van der Waals surface area contributed by atoms with Gasteiger partial charge >= 0.3 is 14.6 Å². The Labute approximate surface area is 239 Å². The number of ether oxygens (including phenoxy) is 2. The third-order valence-electron chi connectivity index (χ3n) is 6.67. The second-order valence-corrected chi connectivity index (χ2v) is 11.4. The van der Waals surface area contributed by atoms with Crippen molar-refractivity contribution in [3.63, 3.8) is 0 Å². The van der Waals surface area contributed by atoms with Crippen molar-refractivity contribution in [2.75, 3.05) is 32.9 Å². The molecule has 0 heterocycles. The number of quaternary nitrogens is 1. The first-order chi connectivity index (χ1) is 19.0. The van der Waals surface area contributed by atoms with Crippen LogP contribution in [0.2, 0.25) is 0 Å². The molecule has 0 aliphatic heterocycles. The van der Waals surface area contributed by atoms with Crippen molar-refractivity contribution in [1.29, 1.82) is 0 Å². The number of unbranched alkanes of at least 4 members (excludes halogenated alkanes) is 12. The summed E-state index contributed by atoms with van der Waals surface area (Å²) in [4.78, 5) is 21.5. The standard InChI is InChI=1S/C31H56NO6P/c1-4-6-7-8-9-10-11-12-13-14-15-16-19-29-20-22-30(23-21-29)35-26-31(38-28(3)33)27-37-39(34)36-25-18-17-24-32-5-2/h20-23,31-32,34H,4-19,24-27H2,1-3H3/p+1. The maximum atomic E-state index is 11.5. The first kappa shape index (κ1) is 35.8. The molecule has 0 radical (unpaired) electrons. The summed E-state index contributed by atoms with van der Waals surface area (Å²) >= 11 is 0. The van der Waals surface area contributed by atoms with Crippen molar-refractivity contribution in [2.24, 2.45) is 0 Å². The van der Waals surface area contributed by atoms with Crippen LogP contribution >= 0.6 is 8.60 Å². The zero-order valence-corrected chi connectivity index (χ0v) is 25.9. The third kappa shape index (κ3) is 22.2. The summed E-state index contributed by atoms with van der Waals surface area (Å²) in [6, 6.07) is 8.12. The maximum absolute atomic E-state index is 11.5. The molecule has 1 aromatic rings. The van der Waals surface area contributed by atoms with Crippen molar-refractivity contribution >= 4 is 14.6 Å². The smallest absolute Gasteiger partial charge is 0.329 e. The van der Waals surface area contributed by atoms with Crippen molar-refractivity contribution in [1.82, 2.24) is 0 Å². The minimum absolute atomic E-state index is 0.0163. The van der Waals surface area contributed by atoms with E-state index in [4.69, 9.17) is 18.5 Å². The highest BCUT2D eigenvalue weighted by molar-refractivity contribution is 7.40. The second kappa shape index (κ2) is 25.7. The Bertz CT molecular complexity index is 690. The van der Waals surface area contributed by atoms with Crippen molar-refractivity contribution < 1.29 is 33.5 Å². The molecular weight excluding hydrogens is 513 g/mol. The zero-order valence-electron chi connectivity index (χ0n) is 25.0. The SMILES string of the molecule is CCCCCCCCCCCCCCc1ccc(OCC(COP(O)OCCCC[NH2+]CC)OC(C)=O)cc1. The Morgan fingerprint density at radius 2 is 1.44 bits per heavy atom. The molecule has 2 unspecified atom stereocenters. The lowest BCUT2D eigenvalue weighted by molar-refractivity contribution is -0.652. The van der Waals surface area contributed by atoms with E-state index in [1.54, 1.807) is 0 Å². The summed E-state index contributed by atoms with van der Waals surface area (Å²) < 4.78 is 21.9. The molecule has 2 atom stereocenters. The fourth-order valence-electron chi connectivity index (χ4n) is 4.38. The molecule has 39 heavy (non-hydrogen) atoms. The van der Waals surface area contributed by atoms with Gasteiger partial charge in [-0.3, -0.25) is 4.79 Å². The van der Waals surface area contributed by atoms with Crippen molar-refractivity contribution in [3.8, 4) is 5.75 Å². The van der Waals surface area contributed by atoms with E-state index in [0.717, 1.165) is 38.1 Å². The lowest BCUT2D eigenvalue weighted by Gasteiger charge is -2.19. The Kier molecular flexibility index (Phi) is 23.6. The van der Waals surface area contributed by atoms with Crippen LogP contribution in [0, 0.1) is 0 Å². The molecule has 7 nitrogen and oxygen atoms in total. The van der Waals surface area contributed by atoms with Crippen LogP contribution in [0.1, 0.15) is 116 Å². The van der Waals surface area contributed by atoms with E-state index >= 15 is 0 Å². The molecule has 1 aromatic carbocycles. The molecule has 0 saturated heterocycles. The molecule has 3 N–H and O–H groups in total. The van der Waals surface area contributed by atoms with Gasteiger partial charge in [0.25, 0.3) is 0 Å². The zero-order chi connectivity index (χ0) is 28.4. The number of esters is 1. The minimum atomic E-state index is -2.01. The van der Waals surface area contributed by atoms with Gasteiger partial charge in [-0.15, -0.1) is 0 Å². The van der Waals surface area contributed by atoms with Gasteiger partial charge in [0, 0.05) is 6.92 Å². The fourth-order valence-corrected chi connectivity index (χ4v) is 5.04. The fraction of sp³-hybridized carbons (Fsp3) is 0.774. The van der Waals surface area contributed by atoms with Crippen LogP contribution in [0.3, 0.4) is 0 Å². The van der Waals surface area contributed by atoms with Crippen LogP contribution in [0.25, 0.3) is 0 Å². The summed E-state index contributed by atoms with van der Waals surface area (Å²) in [5.74, 6) is 0.303. The average Bonchev–Trinajstić information content (AvgIpc) is 2.93. The molecule has 0 fully saturated rings. The van der Waals surface area contributed by atoms with Gasteiger partial charge in [-0.1, -0.05) is 89.7 Å². The van der Waals surface area contributed by atoms with Crippen molar-refractivity contribution in [3.05, 3.63) is 29.8 Å². The van der Waals surface area contributed by atoms with Gasteiger partial charge in [0.1, 0.15) is 12.4 Å². The molecule has 0 saturated carbocycles. The molecule has 0 spiro atoms. The second-order valence-electron chi connectivity index (χ2n) is 10.4. The summed E-state index contributed by atoms with van der Waals surface area (Å²) in [5.41, 5.74) is 1.31. The van der Waals surface area contributed by atoms with Crippen LogP contribution in [0.15, 0.2) is 24.3 Å². The van der Waals surface area contributed by atoms with Crippen molar-refractivity contribution in [2.45, 2.75) is 123 Å². The lowest BCUT2D eigenvalue weighted by Crippen LogP contribution is -2.83. The number of benzene rings is 1. The van der Waals surface area contributed by atoms with Gasteiger partial charge in [0.2, 0.25) is 0 Å². The molecular formula is C31H57NO6P+. The lowest BCUT2D eigenvalue weighted by atomic mass is 10.0. The molecule has 1 rings (SSSR count). The molecule has 0 aromatic heterocycles. The normalized spacial score (nSPS) is 12.8. The van der Waals surface area contributed by atoms with E-state index in [1.807, 2.05) is 12.1 Å². The summed E-state index contributed by atoms with van der Waals surface area (Å²) in [6.07, 6.45) is 18.7. The molecule has 0 aliphatic carbocycles. The predicted octanol–water partition coefficient (Wildman–Crippen LogP) is 6.86. The highest BCUT2D eigenvalue weighted by Gasteiger charge is 2.17. The summed E-state index contributed by atoms with van der Waals surface area (Å²) in [5, 5.41) is 2.23. The van der Waals surface area contributed by atoms with Crippen LogP contribution in [0.4, 0.5) is 0 Å². The van der Waals surface area contributed by atoms with Gasteiger partial charge in [0.15, 0.2) is 6.10 Å². The Morgan fingerprint density at radius 3 is 2.03 bits per heavy atom. The van der Waals surface area contributed by atoms with E-state index < -0.39 is 20.7 Å². The van der Waals surface area contributed by atoms with Gasteiger partial charge in [0.05, 0.1) is 26.3 Å². The van der Waals surface area contributed by atoms with Crippen LogP contribution in [-0.2, 0) is 25.0 Å². The number of carbonyl (C=O) groups is 1. The molecule has 8 heteroatoms. The topological polar surface area (TPSA) is 90.8 Å². The Balaban J connectivity index is 2.17. The van der Waals surface area contributed by atoms with Gasteiger partial charge in [-0.25, -0.2) is 0 Å². The van der Waals surface area contributed by atoms with E-state index in [-0.39, 0.29) is 13.2 Å². The maximum Gasteiger partial charge on any atom is 0.329 e. The van der Waals surface area contributed by atoms with E-state index in [1.165, 1.54) is 89.5 Å². The van der Waals surface area contributed by atoms with E-state index in [2.05, 4.69) is 31.3 Å². The first-order valence-corrected chi connectivity index (χ1v) is 16.6. The third-order valence-corrected chi connectivity index (χ3v) is 7.45. The quantitative estimate of drug-likeness (QED) is 0.0683. The van der Waals surface area contributed by atoms with Gasteiger partial charge in [-0.05, 0) is 50.3 Å². The number of hydrogen-bond donors (Lipinski definition) is 2. The molecule has 0 bridgehead atoms. The van der Waals surface area contributed by atoms with Crippen LogP contribution in [0.5, 0.6) is 5.75 Å². The number of rotatable bonds is 27. The number of hydrogen-bond acceptors (Lipinski definition) is 6. The average molecular weight is 571 g/mol. The molecule has 0 aliphatic rings. The van der Waals surface area contributed by atoms with E-state index in [9.17, 15) is 9.69 Å². The number of carbonyl (C=O) groups excluding carboxylic acids is 1. The highest BCUT2D eigenvalue weighted by atomic mass is 31.2.